The van der Waals surface area contributed by atoms with Gasteiger partial charge in [0.25, 0.3) is 5.91 Å². The van der Waals surface area contributed by atoms with E-state index < -0.39 is 0 Å². The number of amides is 2. The monoisotopic (exact) mass is 569 g/mol. The van der Waals surface area contributed by atoms with E-state index in [2.05, 4.69) is 24.1 Å². The van der Waals surface area contributed by atoms with E-state index >= 15 is 0 Å². The van der Waals surface area contributed by atoms with Crippen LogP contribution in [0.15, 0.2) is 85.5 Å². The molecule has 5 nitrogen and oxygen atoms in total. The number of carbonyl (C=O) groups excluding carboxylic acids is 2. The van der Waals surface area contributed by atoms with Gasteiger partial charge in [-0.15, -0.1) is 6.58 Å². The van der Waals surface area contributed by atoms with E-state index in [9.17, 15) is 9.59 Å². The lowest BCUT2D eigenvalue weighted by molar-refractivity contribution is -0.130. The fourth-order valence-electron chi connectivity index (χ4n) is 3.22. The van der Waals surface area contributed by atoms with Crippen LogP contribution in [0.25, 0.3) is 10.8 Å². The van der Waals surface area contributed by atoms with Crippen LogP contribution in [0.1, 0.15) is 71.7 Å². The zero-order valence-electron chi connectivity index (χ0n) is 25.8. The maximum absolute atomic E-state index is 12.3. The fraction of sp³-hybridized carbons (Fsp3) is 0.412. The standard InChI is InChI=1S/C21H28ClN3O2.C6H6.C3H6.2C2H6/c1-3-5-12-25(4-2)20(26)15-23-10-11-24-21(27)18-7-6-17-14-19(22)9-8-16(17)13-18;1-2-4-6-5-3-1;1-3-2;2*1-2/h6-9,13-14,23H,3-5,10-12,15H2,1-2H3,(H,24,27);1-6H;3H,1H2,2H3;2*1-2H3. The van der Waals surface area contributed by atoms with Gasteiger partial charge in [-0.1, -0.05) is 107 Å². The zero-order chi connectivity index (χ0) is 30.6. The van der Waals surface area contributed by atoms with Crippen LogP contribution in [0.4, 0.5) is 0 Å². The summed E-state index contributed by atoms with van der Waals surface area (Å²) in [4.78, 5) is 26.3. The number of nitrogens with zero attached hydrogens (tertiary/aromatic N) is 1. The molecule has 3 aromatic carbocycles. The Labute approximate surface area is 249 Å². The van der Waals surface area contributed by atoms with Crippen molar-refractivity contribution in [1.29, 1.82) is 0 Å². The third-order valence-electron chi connectivity index (χ3n) is 5.11. The predicted octanol–water partition coefficient (Wildman–Crippen LogP) is 8.39. The highest BCUT2D eigenvalue weighted by molar-refractivity contribution is 6.31. The third-order valence-corrected chi connectivity index (χ3v) is 5.35. The maximum atomic E-state index is 12.3. The second-order valence-corrected chi connectivity index (χ2v) is 8.47. The zero-order valence-corrected chi connectivity index (χ0v) is 26.6. The summed E-state index contributed by atoms with van der Waals surface area (Å²) in [6.45, 7) is 20.2. The van der Waals surface area contributed by atoms with Crippen LogP contribution in [0.2, 0.25) is 5.02 Å². The van der Waals surface area contributed by atoms with Crippen LogP contribution in [0.3, 0.4) is 0 Å². The summed E-state index contributed by atoms with van der Waals surface area (Å²) < 4.78 is 0. The minimum Gasteiger partial charge on any atom is -0.351 e. The van der Waals surface area contributed by atoms with Gasteiger partial charge in [0, 0.05) is 36.8 Å². The number of fused-ring (bicyclic) bond motifs is 1. The average Bonchev–Trinajstić information content (AvgIpc) is 3.00. The summed E-state index contributed by atoms with van der Waals surface area (Å²) in [6, 6.07) is 23.1. The summed E-state index contributed by atoms with van der Waals surface area (Å²) in [5, 5.41) is 8.63. The second kappa shape index (κ2) is 27.4. The number of unbranched alkanes of at least 4 members (excludes halogenated alkanes) is 1. The number of hydrogen-bond acceptors (Lipinski definition) is 3. The molecular formula is C34H52ClN3O2. The van der Waals surface area contributed by atoms with E-state index in [1.165, 1.54) is 0 Å². The van der Waals surface area contributed by atoms with Gasteiger partial charge in [0.2, 0.25) is 5.91 Å². The third kappa shape index (κ3) is 18.2. The number of carbonyl (C=O) groups is 2. The summed E-state index contributed by atoms with van der Waals surface area (Å²) in [5.41, 5.74) is 0.609. The molecule has 0 unspecified atom stereocenters. The van der Waals surface area contributed by atoms with Crippen LogP contribution in [-0.2, 0) is 4.79 Å². The highest BCUT2D eigenvalue weighted by atomic mass is 35.5. The molecule has 2 N–H and O–H groups in total. The van der Waals surface area contributed by atoms with Crippen molar-refractivity contribution < 1.29 is 9.59 Å². The topological polar surface area (TPSA) is 61.4 Å². The Kier molecular flexibility index (Phi) is 26.7. The average molecular weight is 570 g/mol. The molecule has 0 aliphatic heterocycles. The van der Waals surface area contributed by atoms with E-state index in [1.54, 1.807) is 12.1 Å². The number of allylic oxidation sites excluding steroid dienone is 1. The van der Waals surface area contributed by atoms with Crippen molar-refractivity contribution in [2.45, 2.75) is 61.3 Å². The lowest BCUT2D eigenvalue weighted by Crippen LogP contribution is -2.41. The number of rotatable bonds is 10. The van der Waals surface area contributed by atoms with Crippen molar-refractivity contribution in [2.75, 3.05) is 32.7 Å². The maximum Gasteiger partial charge on any atom is 0.251 e. The van der Waals surface area contributed by atoms with E-state index in [4.69, 9.17) is 11.6 Å². The van der Waals surface area contributed by atoms with E-state index in [-0.39, 0.29) is 11.8 Å². The molecule has 2 amide bonds. The molecule has 40 heavy (non-hydrogen) atoms. The van der Waals surface area contributed by atoms with Crippen molar-refractivity contribution in [3.63, 3.8) is 0 Å². The lowest BCUT2D eigenvalue weighted by atomic mass is 10.1. The Balaban J connectivity index is 0. The highest BCUT2D eigenvalue weighted by Crippen LogP contribution is 2.20. The van der Waals surface area contributed by atoms with Gasteiger partial charge in [-0.05, 0) is 55.3 Å². The van der Waals surface area contributed by atoms with Crippen molar-refractivity contribution in [1.82, 2.24) is 15.5 Å². The molecule has 0 aliphatic carbocycles. The molecular weight excluding hydrogens is 518 g/mol. The molecule has 0 aromatic heterocycles. The number of nitrogens with one attached hydrogen (secondary N) is 2. The molecule has 0 saturated heterocycles. The highest BCUT2D eigenvalue weighted by Gasteiger charge is 2.10. The molecule has 0 aliphatic rings. The quantitative estimate of drug-likeness (QED) is 0.190. The van der Waals surface area contributed by atoms with Crippen LogP contribution in [0.5, 0.6) is 0 Å². The fourth-order valence-corrected chi connectivity index (χ4v) is 3.41. The van der Waals surface area contributed by atoms with Crippen molar-refractivity contribution >= 4 is 34.2 Å². The van der Waals surface area contributed by atoms with E-state index in [1.807, 2.05) is 113 Å². The SMILES string of the molecule is C=CC.CC.CC.CCCCN(CC)C(=O)CNCCNC(=O)c1ccc2cc(Cl)ccc2c1.c1ccccc1. The predicted molar refractivity (Wildman–Crippen MR) is 176 cm³/mol. The van der Waals surface area contributed by atoms with Gasteiger partial charge in [0.15, 0.2) is 0 Å². The number of halogens is 1. The molecule has 0 fully saturated rings. The molecule has 0 spiro atoms. The van der Waals surface area contributed by atoms with Crippen molar-refractivity contribution in [3.05, 3.63) is 96.0 Å². The number of likely N-dealkylation sites (N-methyl/N-ethyl adjacent to an activating group) is 1. The van der Waals surface area contributed by atoms with E-state index in [0.29, 0.717) is 30.2 Å². The Morgan fingerprint density at radius 2 is 1.40 bits per heavy atom. The summed E-state index contributed by atoms with van der Waals surface area (Å²) in [6.07, 6.45) is 3.85. The Bertz CT molecular complexity index is 1020. The summed E-state index contributed by atoms with van der Waals surface area (Å²) in [5.74, 6) is -0.0245. The van der Waals surface area contributed by atoms with Crippen molar-refractivity contribution in [2.24, 2.45) is 0 Å². The summed E-state index contributed by atoms with van der Waals surface area (Å²) in [7, 11) is 0. The molecule has 3 aromatic rings. The van der Waals surface area contributed by atoms with Gasteiger partial charge in [0.05, 0.1) is 6.54 Å². The first kappa shape index (κ1) is 39.0. The molecule has 0 heterocycles. The molecule has 6 heteroatoms. The molecule has 0 radical (unpaired) electrons. The van der Waals surface area contributed by atoms with E-state index in [0.717, 1.165) is 36.7 Å². The van der Waals surface area contributed by atoms with Gasteiger partial charge in [-0.2, -0.15) is 0 Å². The number of benzene rings is 3. The Morgan fingerprint density at radius 1 is 0.875 bits per heavy atom. The van der Waals surface area contributed by atoms with Crippen molar-refractivity contribution in [3.8, 4) is 0 Å². The van der Waals surface area contributed by atoms with Crippen LogP contribution in [-0.4, -0.2) is 49.4 Å². The van der Waals surface area contributed by atoms with Crippen LogP contribution >= 0.6 is 11.6 Å². The van der Waals surface area contributed by atoms with Gasteiger partial charge in [0.1, 0.15) is 0 Å². The molecule has 3 rings (SSSR count). The minimum atomic E-state index is -0.127. The smallest absolute Gasteiger partial charge is 0.251 e. The first-order valence-electron chi connectivity index (χ1n) is 14.5. The molecule has 0 bridgehead atoms. The second-order valence-electron chi connectivity index (χ2n) is 8.03. The van der Waals surface area contributed by atoms with Gasteiger partial charge < -0.3 is 15.5 Å². The molecule has 222 valence electrons. The van der Waals surface area contributed by atoms with Crippen LogP contribution < -0.4 is 10.6 Å². The lowest BCUT2D eigenvalue weighted by Gasteiger charge is -2.20. The molecule has 0 atom stereocenters. The van der Waals surface area contributed by atoms with Gasteiger partial charge in [-0.3, -0.25) is 9.59 Å². The summed E-state index contributed by atoms with van der Waals surface area (Å²) >= 11 is 5.98. The Hall–Kier alpha value is -3.15. The van der Waals surface area contributed by atoms with Gasteiger partial charge >= 0.3 is 0 Å². The largest absolute Gasteiger partial charge is 0.351 e. The molecule has 0 saturated carbocycles. The van der Waals surface area contributed by atoms with Crippen LogP contribution in [0, 0.1) is 0 Å². The normalized spacial score (nSPS) is 9.10. The minimum absolute atomic E-state index is 0.102. The number of hydrogen-bond donors (Lipinski definition) is 2. The Morgan fingerprint density at radius 3 is 1.93 bits per heavy atom. The van der Waals surface area contributed by atoms with Gasteiger partial charge in [-0.25, -0.2) is 0 Å². The first-order chi connectivity index (χ1) is 19.5. The first-order valence-corrected chi connectivity index (χ1v) is 14.9.